The molecule has 0 N–H and O–H groups in total. The summed E-state index contributed by atoms with van der Waals surface area (Å²) in [4.78, 5) is 19.9. The highest BCUT2D eigenvalue weighted by Crippen LogP contribution is 2.22. The van der Waals surface area contributed by atoms with E-state index < -0.39 is 0 Å². The third-order valence-electron chi connectivity index (χ3n) is 6.85. The molecule has 6 heteroatoms. The Morgan fingerprint density at radius 3 is 2.05 bits per heavy atom. The van der Waals surface area contributed by atoms with Crippen LogP contribution in [0.5, 0.6) is 5.75 Å². The summed E-state index contributed by atoms with van der Waals surface area (Å²) < 4.78 is 16.9. The van der Waals surface area contributed by atoms with E-state index in [1.54, 1.807) is 12.4 Å². The molecule has 37 heavy (non-hydrogen) atoms. The Balaban J connectivity index is 1.20. The summed E-state index contributed by atoms with van der Waals surface area (Å²) in [7, 11) is 0. The first kappa shape index (κ1) is 28.8. The van der Waals surface area contributed by atoms with E-state index in [-0.39, 0.29) is 5.97 Å². The Labute approximate surface area is 222 Å². The number of benzene rings is 1. The predicted molar refractivity (Wildman–Crippen MR) is 147 cm³/mol. The summed E-state index contributed by atoms with van der Waals surface area (Å²) in [5, 5.41) is 0. The average Bonchev–Trinajstić information content (AvgIpc) is 2.95. The molecule has 1 aliphatic rings. The summed E-state index contributed by atoms with van der Waals surface area (Å²) in [6.45, 7) is 5.26. The number of esters is 1. The summed E-state index contributed by atoms with van der Waals surface area (Å²) in [5.41, 5.74) is 2.20. The van der Waals surface area contributed by atoms with Gasteiger partial charge in [0.2, 0.25) is 0 Å². The van der Waals surface area contributed by atoms with Crippen LogP contribution in [0.1, 0.15) is 95.5 Å². The average molecular weight is 509 g/mol. The van der Waals surface area contributed by atoms with Gasteiger partial charge in [-0.2, -0.15) is 0 Å². The lowest BCUT2D eigenvalue weighted by Crippen LogP contribution is -2.16. The highest BCUT2D eigenvalue weighted by atomic mass is 16.5. The number of hydrogen-bond acceptors (Lipinski definition) is 6. The number of unbranched alkanes of at least 4 members (excludes halogenated alkanes) is 8. The van der Waals surface area contributed by atoms with E-state index in [0.717, 1.165) is 30.6 Å². The van der Waals surface area contributed by atoms with Gasteiger partial charge in [0, 0.05) is 11.6 Å². The highest BCUT2D eigenvalue weighted by molar-refractivity contribution is 5.81. The number of hydrogen-bond donors (Lipinski definition) is 0. The van der Waals surface area contributed by atoms with Gasteiger partial charge in [-0.25, -0.2) is 14.8 Å². The van der Waals surface area contributed by atoms with Crippen LogP contribution in [-0.4, -0.2) is 35.3 Å². The van der Waals surface area contributed by atoms with Gasteiger partial charge in [-0.15, -0.1) is 0 Å². The summed E-state index contributed by atoms with van der Waals surface area (Å²) in [6, 6.07) is 8.35. The summed E-state index contributed by atoms with van der Waals surface area (Å²) in [5.74, 6) is 1.11. The van der Waals surface area contributed by atoms with Crippen LogP contribution in [0.2, 0.25) is 0 Å². The standard InChI is InChI=1S/C31H44N2O4/c1-2-30(34)36-22-14-9-7-5-3-4-6-8-13-21-35-29-23-32-31(33-24-29)27-19-17-26(18-20-27)25-37-28-15-11-10-12-16-28/h2,17-20,23-24,28H,1,3-16,21-22,25H2. The lowest BCUT2D eigenvalue weighted by molar-refractivity contribution is -0.137. The number of carbonyl (C=O) groups is 1. The van der Waals surface area contributed by atoms with Crippen LogP contribution >= 0.6 is 0 Å². The van der Waals surface area contributed by atoms with E-state index in [4.69, 9.17) is 14.2 Å². The zero-order valence-electron chi connectivity index (χ0n) is 22.4. The van der Waals surface area contributed by atoms with Gasteiger partial charge in [0.15, 0.2) is 11.6 Å². The van der Waals surface area contributed by atoms with Gasteiger partial charge in [-0.05, 0) is 31.2 Å². The second-order valence-electron chi connectivity index (χ2n) is 9.91. The van der Waals surface area contributed by atoms with E-state index in [1.807, 2.05) is 0 Å². The zero-order valence-corrected chi connectivity index (χ0v) is 22.4. The molecule has 202 valence electrons. The Morgan fingerprint density at radius 1 is 0.838 bits per heavy atom. The van der Waals surface area contributed by atoms with Crippen molar-refractivity contribution in [2.75, 3.05) is 13.2 Å². The third-order valence-corrected chi connectivity index (χ3v) is 6.85. The molecule has 3 rings (SSSR count). The predicted octanol–water partition coefficient (Wildman–Crippen LogP) is 7.61. The van der Waals surface area contributed by atoms with Crippen LogP contribution in [0, 0.1) is 0 Å². The molecule has 0 aliphatic heterocycles. The second kappa shape index (κ2) is 17.7. The first-order valence-corrected chi connectivity index (χ1v) is 14.2. The molecule has 0 atom stereocenters. The molecular weight excluding hydrogens is 464 g/mol. The van der Waals surface area contributed by atoms with Crippen molar-refractivity contribution in [3.05, 3.63) is 54.9 Å². The van der Waals surface area contributed by atoms with Crippen molar-refractivity contribution in [2.24, 2.45) is 0 Å². The molecule has 1 heterocycles. The fourth-order valence-electron chi connectivity index (χ4n) is 4.60. The molecule has 1 aromatic heterocycles. The first-order valence-electron chi connectivity index (χ1n) is 14.2. The maximum absolute atomic E-state index is 10.9. The van der Waals surface area contributed by atoms with E-state index in [2.05, 4.69) is 40.8 Å². The molecule has 0 saturated heterocycles. The van der Waals surface area contributed by atoms with E-state index in [9.17, 15) is 4.79 Å². The molecule has 1 saturated carbocycles. The van der Waals surface area contributed by atoms with Gasteiger partial charge >= 0.3 is 5.97 Å². The highest BCUT2D eigenvalue weighted by Gasteiger charge is 2.13. The molecule has 0 spiro atoms. The van der Waals surface area contributed by atoms with Crippen molar-refractivity contribution in [2.45, 2.75) is 103 Å². The van der Waals surface area contributed by atoms with Gasteiger partial charge in [-0.3, -0.25) is 0 Å². The van der Waals surface area contributed by atoms with Gasteiger partial charge in [0.1, 0.15) is 0 Å². The molecule has 1 fully saturated rings. The molecule has 1 aliphatic carbocycles. The largest absolute Gasteiger partial charge is 0.490 e. The van der Waals surface area contributed by atoms with Crippen LogP contribution in [0.4, 0.5) is 0 Å². The smallest absolute Gasteiger partial charge is 0.330 e. The summed E-state index contributed by atoms with van der Waals surface area (Å²) in [6.07, 6.45) is 21.9. The minimum Gasteiger partial charge on any atom is -0.490 e. The Bertz CT molecular complexity index is 892. The van der Waals surface area contributed by atoms with Crippen molar-refractivity contribution in [3.63, 3.8) is 0 Å². The van der Waals surface area contributed by atoms with Crippen LogP contribution in [-0.2, 0) is 20.9 Å². The minimum atomic E-state index is -0.329. The van der Waals surface area contributed by atoms with Crippen LogP contribution in [0.25, 0.3) is 11.4 Å². The molecule has 2 aromatic rings. The minimum absolute atomic E-state index is 0.329. The van der Waals surface area contributed by atoms with Gasteiger partial charge in [-0.1, -0.05) is 95.1 Å². The molecule has 6 nitrogen and oxygen atoms in total. The van der Waals surface area contributed by atoms with Crippen molar-refractivity contribution in [3.8, 4) is 17.1 Å². The van der Waals surface area contributed by atoms with Crippen LogP contribution in [0.15, 0.2) is 49.3 Å². The van der Waals surface area contributed by atoms with Crippen molar-refractivity contribution < 1.29 is 19.0 Å². The number of nitrogens with zero attached hydrogens (tertiary/aromatic N) is 2. The lowest BCUT2D eigenvalue weighted by atomic mass is 9.98. The first-order chi connectivity index (χ1) is 18.2. The Kier molecular flexibility index (Phi) is 13.8. The van der Waals surface area contributed by atoms with E-state index in [1.165, 1.54) is 82.3 Å². The van der Waals surface area contributed by atoms with Gasteiger partial charge in [0.25, 0.3) is 0 Å². The number of rotatable bonds is 18. The van der Waals surface area contributed by atoms with E-state index >= 15 is 0 Å². The van der Waals surface area contributed by atoms with Crippen molar-refractivity contribution >= 4 is 5.97 Å². The molecule has 1 aromatic carbocycles. The fraction of sp³-hybridized carbons (Fsp3) is 0.581. The molecule has 0 bridgehead atoms. The molecule has 0 radical (unpaired) electrons. The van der Waals surface area contributed by atoms with Crippen molar-refractivity contribution in [1.29, 1.82) is 0 Å². The van der Waals surface area contributed by atoms with Crippen LogP contribution in [0.3, 0.4) is 0 Å². The number of ether oxygens (including phenoxy) is 3. The molecule has 0 amide bonds. The monoisotopic (exact) mass is 508 g/mol. The maximum atomic E-state index is 10.9. The third kappa shape index (κ3) is 11.9. The Morgan fingerprint density at radius 2 is 1.43 bits per heavy atom. The molecular formula is C31H44N2O4. The SMILES string of the molecule is C=CC(=O)OCCCCCCCCCCCOc1cnc(-c2ccc(COC3CCCCC3)cc2)nc1. The normalized spacial score (nSPS) is 13.8. The molecule has 0 unspecified atom stereocenters. The van der Waals surface area contributed by atoms with Gasteiger partial charge < -0.3 is 14.2 Å². The van der Waals surface area contributed by atoms with Crippen molar-refractivity contribution in [1.82, 2.24) is 9.97 Å². The number of aromatic nitrogens is 2. The number of carbonyl (C=O) groups excluding carboxylic acids is 1. The lowest BCUT2D eigenvalue weighted by Gasteiger charge is -2.22. The quantitative estimate of drug-likeness (QED) is 0.117. The summed E-state index contributed by atoms with van der Waals surface area (Å²) >= 11 is 0. The van der Waals surface area contributed by atoms with Gasteiger partial charge in [0.05, 0.1) is 38.3 Å². The topological polar surface area (TPSA) is 70.5 Å². The van der Waals surface area contributed by atoms with E-state index in [0.29, 0.717) is 31.7 Å². The maximum Gasteiger partial charge on any atom is 0.330 e. The second-order valence-corrected chi connectivity index (χ2v) is 9.91. The Hall–Kier alpha value is -2.73. The van der Waals surface area contributed by atoms with Crippen LogP contribution < -0.4 is 4.74 Å². The zero-order chi connectivity index (χ0) is 26.0. The fourth-order valence-corrected chi connectivity index (χ4v) is 4.60.